The molecule has 0 atom stereocenters. The molecule has 1 aromatic heterocycles. The number of allylic oxidation sites excluding steroid dienone is 4. The third kappa shape index (κ3) is 4.17. The Balaban J connectivity index is 1.52. The SMILES string of the molecule is C/C=C(C)\C=C/Cc1noc(Cn2ccc3nc(-c4cccc(F)c4F)nc-3c2)n1. The third-order valence-electron chi connectivity index (χ3n) is 4.58. The van der Waals surface area contributed by atoms with Crippen molar-refractivity contribution in [1.82, 2.24) is 24.7 Å². The summed E-state index contributed by atoms with van der Waals surface area (Å²) >= 11 is 0. The standard InChI is InChI=1S/C22H19F2N5O/c1-3-14(2)6-4-9-19-27-20(30-28-19)13-29-11-10-17-18(12-29)26-22(25-17)15-7-5-8-16(23)21(15)24/h3-8,10-12H,9,13H2,1-2H3/b6-4-,14-3-. The fraction of sp³-hybridized carbons (Fsp3) is 0.182. The summed E-state index contributed by atoms with van der Waals surface area (Å²) in [6, 6.07) is 5.69. The van der Waals surface area contributed by atoms with Crippen LogP contribution in [0, 0.1) is 11.6 Å². The molecule has 0 unspecified atom stereocenters. The van der Waals surface area contributed by atoms with Gasteiger partial charge in [-0.2, -0.15) is 4.98 Å². The topological polar surface area (TPSA) is 69.6 Å². The first-order valence-electron chi connectivity index (χ1n) is 9.42. The minimum atomic E-state index is -0.960. The molecular formula is C22H19F2N5O. The molecule has 0 saturated carbocycles. The number of hydrogen-bond donors (Lipinski definition) is 0. The van der Waals surface area contributed by atoms with Crippen LogP contribution in [0.1, 0.15) is 25.6 Å². The molecule has 0 spiro atoms. The lowest BCUT2D eigenvalue weighted by Crippen LogP contribution is -2.01. The van der Waals surface area contributed by atoms with Gasteiger partial charge >= 0.3 is 0 Å². The van der Waals surface area contributed by atoms with Gasteiger partial charge < -0.3 is 9.09 Å². The van der Waals surface area contributed by atoms with Crippen LogP contribution >= 0.6 is 0 Å². The molecule has 6 nitrogen and oxygen atoms in total. The molecule has 0 bridgehead atoms. The van der Waals surface area contributed by atoms with Crippen molar-refractivity contribution in [2.75, 3.05) is 0 Å². The third-order valence-corrected chi connectivity index (χ3v) is 4.58. The van der Waals surface area contributed by atoms with Gasteiger partial charge in [-0.15, -0.1) is 0 Å². The number of pyridine rings is 1. The minimum Gasteiger partial charge on any atom is -0.343 e. The van der Waals surface area contributed by atoms with Crippen LogP contribution in [0.3, 0.4) is 0 Å². The van der Waals surface area contributed by atoms with Gasteiger partial charge in [0.1, 0.15) is 12.2 Å². The van der Waals surface area contributed by atoms with E-state index in [4.69, 9.17) is 4.52 Å². The van der Waals surface area contributed by atoms with Crippen LogP contribution in [0.5, 0.6) is 0 Å². The average molecular weight is 407 g/mol. The van der Waals surface area contributed by atoms with Crippen molar-refractivity contribution in [1.29, 1.82) is 0 Å². The monoisotopic (exact) mass is 407 g/mol. The smallest absolute Gasteiger partial charge is 0.246 e. The fourth-order valence-electron chi connectivity index (χ4n) is 2.89. The van der Waals surface area contributed by atoms with E-state index < -0.39 is 11.6 Å². The Hall–Kier alpha value is -3.68. The first-order valence-corrected chi connectivity index (χ1v) is 9.42. The molecule has 3 heterocycles. The quantitative estimate of drug-likeness (QED) is 0.429. The Kier molecular flexibility index (Phi) is 5.47. The normalized spacial score (nSPS) is 12.3. The van der Waals surface area contributed by atoms with Crippen LogP contribution in [-0.4, -0.2) is 24.7 Å². The number of hydrogen-bond acceptors (Lipinski definition) is 5. The highest BCUT2D eigenvalue weighted by molar-refractivity contribution is 5.66. The van der Waals surface area contributed by atoms with Gasteiger partial charge in [-0.25, -0.2) is 18.7 Å². The Bertz CT molecular complexity index is 1210. The largest absolute Gasteiger partial charge is 0.343 e. The molecule has 2 aliphatic rings. The second kappa shape index (κ2) is 8.36. The summed E-state index contributed by atoms with van der Waals surface area (Å²) in [6.45, 7) is 4.36. The first kappa shape index (κ1) is 19.6. The van der Waals surface area contributed by atoms with E-state index in [9.17, 15) is 8.78 Å². The molecular weight excluding hydrogens is 388 g/mol. The van der Waals surface area contributed by atoms with E-state index in [-0.39, 0.29) is 11.4 Å². The molecule has 30 heavy (non-hydrogen) atoms. The van der Waals surface area contributed by atoms with Gasteiger partial charge in [-0.1, -0.05) is 35.0 Å². The van der Waals surface area contributed by atoms with Crippen molar-refractivity contribution in [2.24, 2.45) is 0 Å². The Morgan fingerprint density at radius 3 is 2.80 bits per heavy atom. The molecule has 8 heteroatoms. The van der Waals surface area contributed by atoms with E-state index in [0.29, 0.717) is 36.1 Å². The molecule has 0 fully saturated rings. The zero-order valence-electron chi connectivity index (χ0n) is 16.5. The maximum Gasteiger partial charge on any atom is 0.246 e. The fourth-order valence-corrected chi connectivity index (χ4v) is 2.89. The summed E-state index contributed by atoms with van der Waals surface area (Å²) in [7, 11) is 0. The first-order chi connectivity index (χ1) is 14.5. The number of imidazole rings is 1. The lowest BCUT2D eigenvalue weighted by atomic mass is 10.2. The summed E-state index contributed by atoms with van der Waals surface area (Å²) in [6.07, 6.45) is 10.1. The summed E-state index contributed by atoms with van der Waals surface area (Å²) in [4.78, 5) is 13.0. The molecule has 4 rings (SSSR count). The number of benzene rings is 1. The lowest BCUT2D eigenvalue weighted by molar-refractivity contribution is 0.366. The molecule has 0 saturated heterocycles. The highest BCUT2D eigenvalue weighted by Gasteiger charge is 2.18. The van der Waals surface area contributed by atoms with Gasteiger partial charge in [0, 0.05) is 18.8 Å². The van der Waals surface area contributed by atoms with Crippen molar-refractivity contribution >= 4 is 0 Å². The van der Waals surface area contributed by atoms with Gasteiger partial charge in [0.25, 0.3) is 0 Å². The number of rotatable bonds is 6. The van der Waals surface area contributed by atoms with Crippen molar-refractivity contribution in [3.8, 4) is 22.8 Å². The van der Waals surface area contributed by atoms with Crippen LogP contribution < -0.4 is 0 Å². The minimum absolute atomic E-state index is 0.0282. The molecule has 0 N–H and O–H groups in total. The lowest BCUT2D eigenvalue weighted by Gasteiger charge is -2.04. The molecule has 1 aromatic carbocycles. The second-order valence-electron chi connectivity index (χ2n) is 6.78. The van der Waals surface area contributed by atoms with Crippen LogP contribution in [0.2, 0.25) is 0 Å². The Morgan fingerprint density at radius 2 is 1.97 bits per heavy atom. The van der Waals surface area contributed by atoms with Crippen molar-refractivity contribution in [3.05, 3.63) is 83.8 Å². The number of nitrogens with zero attached hydrogens (tertiary/aromatic N) is 5. The predicted octanol–water partition coefficient (Wildman–Crippen LogP) is 4.82. The predicted molar refractivity (Wildman–Crippen MR) is 108 cm³/mol. The summed E-state index contributed by atoms with van der Waals surface area (Å²) in [5.41, 5.74) is 2.33. The molecule has 0 radical (unpaired) electrons. The maximum absolute atomic E-state index is 14.0. The molecule has 0 amide bonds. The van der Waals surface area contributed by atoms with Gasteiger partial charge in [0.15, 0.2) is 23.3 Å². The number of fused-ring (bicyclic) bond motifs is 1. The van der Waals surface area contributed by atoms with Gasteiger partial charge in [-0.3, -0.25) is 0 Å². The molecule has 2 aromatic rings. The van der Waals surface area contributed by atoms with Gasteiger partial charge in [0.05, 0.1) is 11.3 Å². The molecule has 0 aliphatic carbocycles. The Labute approximate surface area is 171 Å². The van der Waals surface area contributed by atoms with Crippen LogP contribution in [0.15, 0.2) is 65.0 Å². The highest BCUT2D eigenvalue weighted by atomic mass is 19.2. The van der Waals surface area contributed by atoms with E-state index >= 15 is 0 Å². The van der Waals surface area contributed by atoms with Gasteiger partial charge in [0.2, 0.25) is 5.89 Å². The summed E-state index contributed by atoms with van der Waals surface area (Å²) < 4.78 is 34.7. The molecule has 2 aliphatic heterocycles. The van der Waals surface area contributed by atoms with E-state index in [1.165, 1.54) is 12.1 Å². The number of halogens is 2. The average Bonchev–Trinajstić information content (AvgIpc) is 3.36. The highest BCUT2D eigenvalue weighted by Crippen LogP contribution is 2.27. The summed E-state index contributed by atoms with van der Waals surface area (Å²) in [5, 5.41) is 3.98. The van der Waals surface area contributed by atoms with Crippen molar-refractivity contribution < 1.29 is 13.3 Å². The number of aromatic nitrogens is 5. The van der Waals surface area contributed by atoms with E-state index in [1.54, 1.807) is 18.5 Å². The van der Waals surface area contributed by atoms with Crippen molar-refractivity contribution in [3.63, 3.8) is 0 Å². The van der Waals surface area contributed by atoms with Gasteiger partial charge in [-0.05, 0) is 32.0 Å². The second-order valence-corrected chi connectivity index (χ2v) is 6.78. The van der Waals surface area contributed by atoms with Crippen LogP contribution in [0.4, 0.5) is 8.78 Å². The van der Waals surface area contributed by atoms with Crippen LogP contribution in [-0.2, 0) is 13.0 Å². The van der Waals surface area contributed by atoms with E-state index in [2.05, 4.69) is 20.1 Å². The zero-order valence-corrected chi connectivity index (χ0v) is 16.5. The Morgan fingerprint density at radius 1 is 1.13 bits per heavy atom. The van der Waals surface area contributed by atoms with Crippen molar-refractivity contribution in [2.45, 2.75) is 26.8 Å². The molecule has 152 valence electrons. The van der Waals surface area contributed by atoms with E-state index in [0.717, 1.165) is 11.6 Å². The van der Waals surface area contributed by atoms with E-state index in [1.807, 2.05) is 36.6 Å². The maximum atomic E-state index is 14.0. The zero-order chi connectivity index (χ0) is 21.1. The summed E-state index contributed by atoms with van der Waals surface area (Å²) in [5.74, 6) is -0.690. The van der Waals surface area contributed by atoms with Crippen LogP contribution in [0.25, 0.3) is 22.8 Å².